The Balaban J connectivity index is 1.81. The van der Waals surface area contributed by atoms with Crippen molar-refractivity contribution in [3.05, 3.63) is 52.0 Å². The molecule has 0 bridgehead atoms. The van der Waals surface area contributed by atoms with Crippen LogP contribution in [0.1, 0.15) is 5.56 Å². The third-order valence-corrected chi connectivity index (χ3v) is 4.51. The van der Waals surface area contributed by atoms with Crippen molar-refractivity contribution >= 4 is 17.1 Å². The summed E-state index contributed by atoms with van der Waals surface area (Å²) in [5.74, 6) is 0.943. The summed E-state index contributed by atoms with van der Waals surface area (Å²) < 4.78 is 5.27. The number of aryl methyl sites for hydroxylation is 2. The van der Waals surface area contributed by atoms with Crippen LogP contribution in [0.5, 0.6) is 0 Å². The highest BCUT2D eigenvalue weighted by Crippen LogP contribution is 2.30. The van der Waals surface area contributed by atoms with E-state index >= 15 is 0 Å². The van der Waals surface area contributed by atoms with Gasteiger partial charge in [-0.3, -0.25) is 4.68 Å². The van der Waals surface area contributed by atoms with Crippen LogP contribution >= 0.6 is 11.6 Å². The van der Waals surface area contributed by atoms with Gasteiger partial charge in [0.2, 0.25) is 5.82 Å². The van der Waals surface area contributed by atoms with Crippen molar-refractivity contribution in [1.82, 2.24) is 33.9 Å². The molecule has 11 heteroatoms. The summed E-state index contributed by atoms with van der Waals surface area (Å²) in [6.45, 7) is 2.75. The predicted octanol–water partition coefficient (Wildman–Crippen LogP) is 3.27. The van der Waals surface area contributed by atoms with Crippen LogP contribution in [0.15, 0.2) is 36.0 Å². The molecule has 0 fully saturated rings. The molecule has 4 heterocycles. The normalized spacial score (nSPS) is 11.1. The van der Waals surface area contributed by atoms with Gasteiger partial charge in [-0.1, -0.05) is 16.7 Å². The van der Waals surface area contributed by atoms with Gasteiger partial charge in [0.15, 0.2) is 11.0 Å². The van der Waals surface area contributed by atoms with Crippen molar-refractivity contribution < 1.29 is 0 Å². The summed E-state index contributed by atoms with van der Waals surface area (Å²) in [5.41, 5.74) is 11.9. The second-order valence-electron chi connectivity index (χ2n) is 5.96. The lowest BCUT2D eigenvalue weighted by molar-refractivity contribution is 0.705. The Bertz CT molecular complexity index is 1180. The van der Waals surface area contributed by atoms with Gasteiger partial charge in [-0.2, -0.15) is 5.10 Å². The zero-order chi connectivity index (χ0) is 19.0. The number of nitrogens with zero attached hydrogens (tertiary/aromatic N) is 10. The van der Waals surface area contributed by atoms with Crippen molar-refractivity contribution in [3.63, 3.8) is 0 Å². The fourth-order valence-corrected chi connectivity index (χ4v) is 3.29. The number of hydrogen-bond acceptors (Lipinski definition) is 5. The van der Waals surface area contributed by atoms with E-state index in [1.165, 1.54) is 0 Å². The van der Waals surface area contributed by atoms with Crippen LogP contribution in [-0.4, -0.2) is 40.5 Å². The van der Waals surface area contributed by atoms with Crippen molar-refractivity contribution in [2.45, 2.75) is 13.5 Å². The highest BCUT2D eigenvalue weighted by atomic mass is 35.5. The van der Waals surface area contributed by atoms with Crippen LogP contribution in [0.25, 0.3) is 38.9 Å². The van der Waals surface area contributed by atoms with Crippen LogP contribution < -0.4 is 0 Å². The quantitative estimate of drug-likeness (QED) is 0.299. The van der Waals surface area contributed by atoms with E-state index in [-0.39, 0.29) is 0 Å². The average molecular weight is 383 g/mol. The molecule has 0 aliphatic carbocycles. The zero-order valence-electron chi connectivity index (χ0n) is 14.7. The lowest BCUT2D eigenvalue weighted by atomic mass is 10.1. The van der Waals surface area contributed by atoms with Crippen molar-refractivity contribution in [2.75, 3.05) is 6.54 Å². The van der Waals surface area contributed by atoms with Gasteiger partial charge in [-0.15, -0.1) is 5.10 Å². The summed E-state index contributed by atoms with van der Waals surface area (Å²) >= 11 is 6.47. The molecule has 0 amide bonds. The minimum atomic E-state index is 0.308. The van der Waals surface area contributed by atoms with Crippen molar-refractivity contribution in [3.8, 4) is 22.9 Å². The molecule has 0 aliphatic heterocycles. The number of hydrogen-bond donors (Lipinski definition) is 0. The second-order valence-corrected chi connectivity index (χ2v) is 6.32. The Kier molecular flexibility index (Phi) is 4.27. The van der Waals surface area contributed by atoms with Gasteiger partial charge in [0.05, 0.1) is 5.69 Å². The van der Waals surface area contributed by atoms with E-state index in [9.17, 15) is 0 Å². The van der Waals surface area contributed by atoms with E-state index in [1.807, 2.05) is 37.0 Å². The molecule has 0 atom stereocenters. The van der Waals surface area contributed by atoms with Gasteiger partial charge >= 0.3 is 0 Å². The largest absolute Gasteiger partial charge is 0.328 e. The first-order valence-corrected chi connectivity index (χ1v) is 8.54. The molecule has 0 spiro atoms. The highest BCUT2D eigenvalue weighted by Gasteiger charge is 2.18. The first-order valence-electron chi connectivity index (χ1n) is 8.16. The molecule has 4 aromatic heterocycles. The van der Waals surface area contributed by atoms with Gasteiger partial charge < -0.3 is 4.57 Å². The number of fused-ring (bicyclic) bond motifs is 1. The molecule has 0 saturated carbocycles. The summed E-state index contributed by atoms with van der Waals surface area (Å²) in [4.78, 5) is 11.5. The fraction of sp³-hybridized carbons (Fsp3) is 0.250. The van der Waals surface area contributed by atoms with E-state index in [0.29, 0.717) is 29.9 Å². The summed E-state index contributed by atoms with van der Waals surface area (Å²) in [7, 11) is 1.87. The van der Waals surface area contributed by atoms with E-state index in [4.69, 9.17) is 17.1 Å². The number of azide groups is 1. The van der Waals surface area contributed by atoms with Crippen LogP contribution in [0, 0.1) is 6.92 Å². The van der Waals surface area contributed by atoms with Crippen LogP contribution in [0.2, 0.25) is 5.15 Å². The lowest BCUT2D eigenvalue weighted by Crippen LogP contribution is -2.06. The average Bonchev–Trinajstić information content (AvgIpc) is 3.34. The molecular weight excluding hydrogens is 368 g/mol. The molecule has 0 N–H and O–H groups in total. The first-order chi connectivity index (χ1) is 13.1. The van der Waals surface area contributed by atoms with Gasteiger partial charge in [0.25, 0.3) is 0 Å². The predicted molar refractivity (Wildman–Crippen MR) is 100 cm³/mol. The molecule has 136 valence electrons. The molecule has 10 nitrogen and oxygen atoms in total. The molecule has 0 aromatic carbocycles. The lowest BCUT2D eigenvalue weighted by Gasteiger charge is -2.06. The smallest absolute Gasteiger partial charge is 0.217 e. The molecule has 27 heavy (non-hydrogen) atoms. The Labute approximate surface area is 158 Å². The Hall–Kier alpha value is -3.36. The first kappa shape index (κ1) is 17.1. The Morgan fingerprint density at radius 1 is 1.30 bits per heavy atom. The maximum absolute atomic E-state index is 8.44. The van der Waals surface area contributed by atoms with E-state index in [0.717, 1.165) is 22.3 Å². The number of halogens is 1. The molecule has 0 unspecified atom stereocenters. The topological polar surface area (TPSA) is 115 Å². The zero-order valence-corrected chi connectivity index (χ0v) is 15.4. The van der Waals surface area contributed by atoms with Crippen LogP contribution in [0.3, 0.4) is 0 Å². The van der Waals surface area contributed by atoms with Crippen LogP contribution in [-0.2, 0) is 13.6 Å². The molecule has 0 radical (unpaired) electrons. The number of imidazole rings is 1. The van der Waals surface area contributed by atoms with Gasteiger partial charge in [0, 0.05) is 55.4 Å². The number of rotatable bonds is 5. The third-order valence-electron chi connectivity index (χ3n) is 4.25. The summed E-state index contributed by atoms with van der Waals surface area (Å²) in [6, 6.07) is 1.94. The van der Waals surface area contributed by atoms with Crippen molar-refractivity contribution in [2.24, 2.45) is 12.2 Å². The summed E-state index contributed by atoms with van der Waals surface area (Å²) in [6.07, 6.45) is 7.20. The van der Waals surface area contributed by atoms with Crippen molar-refractivity contribution in [1.29, 1.82) is 0 Å². The molecule has 0 aliphatic rings. The van der Waals surface area contributed by atoms with Gasteiger partial charge in [0.1, 0.15) is 5.52 Å². The maximum Gasteiger partial charge on any atom is 0.217 e. The third kappa shape index (κ3) is 3.01. The van der Waals surface area contributed by atoms with E-state index in [2.05, 4.69) is 30.2 Å². The highest BCUT2D eigenvalue weighted by molar-refractivity contribution is 6.33. The fourth-order valence-electron chi connectivity index (χ4n) is 2.99. The maximum atomic E-state index is 8.44. The minimum absolute atomic E-state index is 0.308. The molecule has 4 aromatic rings. The molecule has 0 saturated heterocycles. The second kappa shape index (κ2) is 6.75. The van der Waals surface area contributed by atoms with Gasteiger partial charge in [-0.25, -0.2) is 14.5 Å². The molecule has 4 rings (SSSR count). The van der Waals surface area contributed by atoms with E-state index < -0.39 is 0 Å². The minimum Gasteiger partial charge on any atom is -0.328 e. The SMILES string of the molecule is Cc1c(-c2ccn(C)n2)cn2nc(-c3nccn3CCN=[N+]=[N-])nc(Cl)c12. The number of aromatic nitrogens is 7. The monoisotopic (exact) mass is 382 g/mol. The van der Waals surface area contributed by atoms with E-state index in [1.54, 1.807) is 21.6 Å². The molecular formula is C16H15ClN10. The Morgan fingerprint density at radius 3 is 2.89 bits per heavy atom. The summed E-state index contributed by atoms with van der Waals surface area (Å²) in [5, 5.41) is 12.9. The van der Waals surface area contributed by atoms with Crippen LogP contribution in [0.4, 0.5) is 0 Å². The standard InChI is InChI=1S/C16H15ClN10/c1-10-11(12-3-6-25(2)22-12)9-27-13(10)14(17)21-15(23-27)16-19-4-7-26(16)8-5-20-24-18/h3-4,6-7,9H,5,8H2,1-2H3. The Morgan fingerprint density at radius 2 is 2.15 bits per heavy atom. The van der Waals surface area contributed by atoms with Gasteiger partial charge in [-0.05, 0) is 24.1 Å².